The predicted molar refractivity (Wildman–Crippen MR) is 156 cm³/mol. The second kappa shape index (κ2) is 6.61. The van der Waals surface area contributed by atoms with Crippen molar-refractivity contribution in [1.82, 2.24) is 19.1 Å². The maximum atomic E-state index is 4.52. The van der Waals surface area contributed by atoms with E-state index in [-0.39, 0.29) is 0 Å². The molecule has 0 radical (unpaired) electrons. The molecule has 180 valence electrons. The Bertz CT molecular complexity index is 2190. The zero-order chi connectivity index (χ0) is 25.3. The molecule has 0 unspecified atom stereocenters. The lowest BCUT2D eigenvalue weighted by atomic mass is 9.61. The Morgan fingerprint density at radius 1 is 0.436 bits per heavy atom. The smallest absolute Gasteiger partial charge is 0.0783 e. The molecule has 0 saturated heterocycles. The standard InChI is InChI=1S/C35H20N4/c1-3-13-31-25(9-1)35(27-11-5-7-21-23-19-36-17-15-29(23)38(31)33(21)27)26-10-2-4-14-32(26)39-30-16-18-37-20-24(30)22-8-6-12-28(35)34(22)39/h1-20H. The van der Waals surface area contributed by atoms with E-state index in [1.165, 1.54) is 77.2 Å². The minimum Gasteiger partial charge on any atom is -0.308 e. The maximum absolute atomic E-state index is 4.52. The number of nitrogens with zero attached hydrogens (tertiary/aromatic N) is 4. The number of hydrogen-bond acceptors (Lipinski definition) is 2. The summed E-state index contributed by atoms with van der Waals surface area (Å²) in [5.41, 5.74) is 12.1. The van der Waals surface area contributed by atoms with Crippen molar-refractivity contribution in [3.8, 4) is 11.4 Å². The average Bonchev–Trinajstić information content (AvgIpc) is 3.52. The summed E-state index contributed by atoms with van der Waals surface area (Å²) in [6.45, 7) is 0. The summed E-state index contributed by atoms with van der Waals surface area (Å²) in [7, 11) is 0. The fraction of sp³-hybridized carbons (Fsp3) is 0.0286. The Hall–Kier alpha value is -5.22. The highest BCUT2D eigenvalue weighted by atomic mass is 15.0. The van der Waals surface area contributed by atoms with E-state index in [0.717, 1.165) is 0 Å². The molecule has 0 atom stereocenters. The third-order valence-corrected chi connectivity index (χ3v) is 9.08. The summed E-state index contributed by atoms with van der Waals surface area (Å²) >= 11 is 0. The molecule has 10 rings (SSSR count). The van der Waals surface area contributed by atoms with Crippen molar-refractivity contribution >= 4 is 43.6 Å². The molecule has 4 nitrogen and oxygen atoms in total. The van der Waals surface area contributed by atoms with Crippen LogP contribution in [0, 0.1) is 0 Å². The van der Waals surface area contributed by atoms with Gasteiger partial charge in [0.25, 0.3) is 0 Å². The summed E-state index contributed by atoms with van der Waals surface area (Å²) in [5, 5.41) is 4.85. The van der Waals surface area contributed by atoms with Gasteiger partial charge in [0, 0.05) is 46.3 Å². The minimum atomic E-state index is -0.484. The number of pyridine rings is 2. The van der Waals surface area contributed by atoms with Gasteiger partial charge in [-0.15, -0.1) is 0 Å². The van der Waals surface area contributed by atoms with Gasteiger partial charge >= 0.3 is 0 Å². The van der Waals surface area contributed by atoms with Crippen LogP contribution in [0.3, 0.4) is 0 Å². The molecule has 6 heterocycles. The zero-order valence-corrected chi connectivity index (χ0v) is 20.8. The molecule has 4 heteroatoms. The largest absolute Gasteiger partial charge is 0.308 e. The van der Waals surface area contributed by atoms with E-state index in [2.05, 4.69) is 116 Å². The van der Waals surface area contributed by atoms with Crippen molar-refractivity contribution in [2.45, 2.75) is 5.41 Å². The summed E-state index contributed by atoms with van der Waals surface area (Å²) in [6, 6.07) is 35.9. The number of fused-ring (bicyclic) bond motifs is 14. The van der Waals surface area contributed by atoms with E-state index in [0.29, 0.717) is 0 Å². The van der Waals surface area contributed by atoms with E-state index in [9.17, 15) is 0 Å². The van der Waals surface area contributed by atoms with Gasteiger partial charge in [0.2, 0.25) is 0 Å². The monoisotopic (exact) mass is 496 g/mol. The topological polar surface area (TPSA) is 35.6 Å². The molecule has 0 bridgehead atoms. The number of rotatable bonds is 0. The Balaban J connectivity index is 1.54. The van der Waals surface area contributed by atoms with Gasteiger partial charge in [-0.25, -0.2) is 0 Å². The summed E-state index contributed by atoms with van der Waals surface area (Å²) in [6.07, 6.45) is 7.83. The van der Waals surface area contributed by atoms with Gasteiger partial charge in [-0.05, 0) is 46.5 Å². The molecular formula is C35H20N4. The van der Waals surface area contributed by atoms with E-state index in [1.807, 2.05) is 24.8 Å². The van der Waals surface area contributed by atoms with Crippen LogP contribution in [0.25, 0.3) is 55.0 Å². The minimum absolute atomic E-state index is 0.484. The van der Waals surface area contributed by atoms with Gasteiger partial charge in [-0.2, -0.15) is 0 Å². The van der Waals surface area contributed by atoms with Gasteiger partial charge in [0.05, 0.1) is 38.9 Å². The Morgan fingerprint density at radius 2 is 0.897 bits per heavy atom. The Kier molecular flexibility index (Phi) is 3.36. The molecule has 0 fully saturated rings. The number of hydrogen-bond donors (Lipinski definition) is 0. The SMILES string of the molecule is c1ccc2c(c1)-n1c3ccncc3c3cccc(c31)C21c2ccccc2-n2c3ccncc3c3cccc1c32. The van der Waals surface area contributed by atoms with E-state index < -0.39 is 5.41 Å². The van der Waals surface area contributed by atoms with Crippen molar-refractivity contribution in [2.24, 2.45) is 0 Å². The molecule has 1 spiro atoms. The molecule has 39 heavy (non-hydrogen) atoms. The van der Waals surface area contributed by atoms with Crippen molar-refractivity contribution < 1.29 is 0 Å². The van der Waals surface area contributed by atoms with E-state index in [4.69, 9.17) is 0 Å². The summed E-state index contributed by atoms with van der Waals surface area (Å²) < 4.78 is 4.91. The van der Waals surface area contributed by atoms with Crippen molar-refractivity contribution in [1.29, 1.82) is 0 Å². The quantitative estimate of drug-likeness (QED) is 0.216. The first-order valence-electron chi connectivity index (χ1n) is 13.3. The molecule has 4 aromatic carbocycles. The van der Waals surface area contributed by atoms with E-state index in [1.54, 1.807) is 0 Å². The first-order chi connectivity index (χ1) is 19.4. The van der Waals surface area contributed by atoms with Gasteiger partial charge < -0.3 is 9.13 Å². The van der Waals surface area contributed by atoms with Crippen LogP contribution in [0.15, 0.2) is 122 Å². The highest BCUT2D eigenvalue weighted by molar-refractivity contribution is 6.15. The van der Waals surface area contributed by atoms with Gasteiger partial charge in [0.1, 0.15) is 0 Å². The molecule has 8 aromatic rings. The average molecular weight is 497 g/mol. The maximum Gasteiger partial charge on any atom is 0.0783 e. The first kappa shape index (κ1) is 19.8. The lowest BCUT2D eigenvalue weighted by Gasteiger charge is -2.45. The molecule has 0 N–H and O–H groups in total. The van der Waals surface area contributed by atoms with Crippen LogP contribution in [-0.2, 0) is 5.41 Å². The van der Waals surface area contributed by atoms with Crippen LogP contribution in [0.2, 0.25) is 0 Å². The van der Waals surface area contributed by atoms with Crippen LogP contribution in [0.5, 0.6) is 0 Å². The Morgan fingerprint density at radius 3 is 1.41 bits per heavy atom. The number of para-hydroxylation sites is 4. The highest BCUT2D eigenvalue weighted by Crippen LogP contribution is 2.59. The Labute approximate surface area is 223 Å². The second-order valence-electron chi connectivity index (χ2n) is 10.6. The van der Waals surface area contributed by atoms with Crippen molar-refractivity contribution in [3.05, 3.63) is 144 Å². The van der Waals surface area contributed by atoms with E-state index >= 15 is 0 Å². The highest BCUT2D eigenvalue weighted by Gasteiger charge is 2.49. The van der Waals surface area contributed by atoms with Gasteiger partial charge in [-0.3, -0.25) is 9.97 Å². The number of aromatic nitrogens is 4. The fourth-order valence-electron chi connectivity index (χ4n) is 7.77. The van der Waals surface area contributed by atoms with Crippen LogP contribution in [0.4, 0.5) is 0 Å². The lowest BCUT2D eigenvalue weighted by molar-refractivity contribution is 0.713. The molecule has 2 aliphatic rings. The van der Waals surface area contributed by atoms with Crippen LogP contribution in [-0.4, -0.2) is 19.1 Å². The van der Waals surface area contributed by atoms with Crippen molar-refractivity contribution in [2.75, 3.05) is 0 Å². The lowest BCUT2D eigenvalue weighted by Crippen LogP contribution is -2.38. The summed E-state index contributed by atoms with van der Waals surface area (Å²) in [4.78, 5) is 9.04. The second-order valence-corrected chi connectivity index (χ2v) is 10.6. The van der Waals surface area contributed by atoms with Crippen LogP contribution in [0.1, 0.15) is 22.3 Å². The zero-order valence-electron chi connectivity index (χ0n) is 20.8. The predicted octanol–water partition coefficient (Wildman–Crippen LogP) is 7.68. The third-order valence-electron chi connectivity index (χ3n) is 9.08. The molecule has 0 amide bonds. The molecule has 0 saturated carbocycles. The van der Waals surface area contributed by atoms with Crippen LogP contribution < -0.4 is 0 Å². The third kappa shape index (κ3) is 2.06. The van der Waals surface area contributed by atoms with Gasteiger partial charge in [-0.1, -0.05) is 72.8 Å². The van der Waals surface area contributed by atoms with Crippen molar-refractivity contribution in [3.63, 3.8) is 0 Å². The van der Waals surface area contributed by atoms with Gasteiger partial charge in [0.15, 0.2) is 0 Å². The molecule has 0 aliphatic carbocycles. The molecule has 2 aliphatic heterocycles. The fourth-order valence-corrected chi connectivity index (χ4v) is 7.77. The first-order valence-corrected chi connectivity index (χ1v) is 13.3. The summed E-state index contributed by atoms with van der Waals surface area (Å²) in [5.74, 6) is 0. The van der Waals surface area contributed by atoms with Crippen LogP contribution >= 0.6 is 0 Å². The molecular weight excluding hydrogens is 476 g/mol. The normalized spacial score (nSPS) is 14.4. The number of benzene rings is 4. The molecule has 4 aromatic heterocycles.